The Morgan fingerprint density at radius 3 is 1.19 bits per heavy atom. The van der Waals surface area contributed by atoms with Crippen molar-refractivity contribution in [2.75, 3.05) is 22.0 Å². The molecule has 90 valence electrons. The van der Waals surface area contributed by atoms with Gasteiger partial charge in [0.25, 0.3) is 0 Å². The summed E-state index contributed by atoms with van der Waals surface area (Å²) >= 11 is 0. The summed E-state index contributed by atoms with van der Waals surface area (Å²) in [7, 11) is -6.63. The van der Waals surface area contributed by atoms with Gasteiger partial charge in [0.2, 0.25) is 20.0 Å². The van der Waals surface area contributed by atoms with Crippen molar-refractivity contribution in [3.05, 3.63) is 24.3 Å². The van der Waals surface area contributed by atoms with Crippen molar-refractivity contribution in [2.24, 2.45) is 0 Å². The first-order valence-corrected chi connectivity index (χ1v) is 8.00. The highest BCUT2D eigenvalue weighted by Crippen LogP contribution is 2.15. The molecule has 0 fully saturated rings. The molecule has 0 radical (unpaired) electrons. The maximum atomic E-state index is 10.9. The Morgan fingerprint density at radius 1 is 0.750 bits per heavy atom. The molecule has 0 saturated carbocycles. The van der Waals surface area contributed by atoms with E-state index in [0.717, 1.165) is 12.5 Å². The summed E-state index contributed by atoms with van der Waals surface area (Å²) in [5.41, 5.74) is 0.753. The third-order valence-electron chi connectivity index (χ3n) is 1.49. The van der Waals surface area contributed by atoms with E-state index in [1.54, 1.807) is 0 Å². The number of rotatable bonds is 4. The van der Waals surface area contributed by atoms with E-state index in [9.17, 15) is 16.8 Å². The van der Waals surface area contributed by atoms with Crippen LogP contribution < -0.4 is 9.44 Å². The molecule has 0 spiro atoms. The molecule has 0 atom stereocenters. The van der Waals surface area contributed by atoms with E-state index in [-0.39, 0.29) is 0 Å². The van der Waals surface area contributed by atoms with E-state index in [2.05, 4.69) is 9.44 Å². The molecule has 0 aromatic heterocycles. The van der Waals surface area contributed by atoms with Gasteiger partial charge in [0, 0.05) is 11.4 Å². The summed E-state index contributed by atoms with van der Waals surface area (Å²) in [5.74, 6) is 0. The van der Waals surface area contributed by atoms with Gasteiger partial charge in [0.15, 0.2) is 0 Å². The lowest BCUT2D eigenvalue weighted by Crippen LogP contribution is -2.11. The molecule has 1 rings (SSSR count). The van der Waals surface area contributed by atoms with Gasteiger partial charge < -0.3 is 0 Å². The van der Waals surface area contributed by atoms with Gasteiger partial charge in [-0.25, -0.2) is 16.8 Å². The first kappa shape index (κ1) is 12.8. The third-order valence-corrected chi connectivity index (χ3v) is 2.70. The van der Waals surface area contributed by atoms with Crippen LogP contribution in [-0.4, -0.2) is 29.3 Å². The average molecular weight is 264 g/mol. The zero-order valence-corrected chi connectivity index (χ0v) is 10.4. The minimum Gasteiger partial charge on any atom is -0.284 e. The smallest absolute Gasteiger partial charge is 0.229 e. The fourth-order valence-corrected chi connectivity index (χ4v) is 2.16. The quantitative estimate of drug-likeness (QED) is 0.824. The maximum Gasteiger partial charge on any atom is 0.229 e. The number of nitrogens with one attached hydrogen (secondary N) is 2. The monoisotopic (exact) mass is 264 g/mol. The topological polar surface area (TPSA) is 92.3 Å². The van der Waals surface area contributed by atoms with Crippen molar-refractivity contribution in [1.29, 1.82) is 0 Å². The van der Waals surface area contributed by atoms with Crippen LogP contribution in [0.2, 0.25) is 0 Å². The van der Waals surface area contributed by atoms with E-state index in [0.29, 0.717) is 11.4 Å². The molecule has 0 heterocycles. The van der Waals surface area contributed by atoms with Crippen molar-refractivity contribution in [1.82, 2.24) is 0 Å². The Hall–Kier alpha value is -1.28. The molecule has 0 unspecified atom stereocenters. The van der Waals surface area contributed by atoms with Gasteiger partial charge >= 0.3 is 0 Å². The van der Waals surface area contributed by atoms with Crippen LogP contribution in [0.1, 0.15) is 0 Å². The predicted molar refractivity (Wildman–Crippen MR) is 63.4 cm³/mol. The summed E-state index contributed by atoms with van der Waals surface area (Å²) in [5, 5.41) is 0. The van der Waals surface area contributed by atoms with Crippen molar-refractivity contribution in [2.45, 2.75) is 0 Å². The molecule has 0 saturated heterocycles. The summed E-state index contributed by atoms with van der Waals surface area (Å²) in [4.78, 5) is 0. The number of hydrogen-bond donors (Lipinski definition) is 2. The summed E-state index contributed by atoms with van der Waals surface area (Å²) < 4.78 is 48.1. The average Bonchev–Trinajstić information content (AvgIpc) is 2.03. The van der Waals surface area contributed by atoms with Crippen molar-refractivity contribution < 1.29 is 16.8 Å². The lowest BCUT2D eigenvalue weighted by Gasteiger charge is -2.06. The molecular weight excluding hydrogens is 252 g/mol. The van der Waals surface area contributed by atoms with Crippen LogP contribution in [-0.2, 0) is 20.0 Å². The van der Waals surface area contributed by atoms with Gasteiger partial charge in [-0.3, -0.25) is 9.44 Å². The molecule has 8 heteroatoms. The van der Waals surface area contributed by atoms with E-state index >= 15 is 0 Å². The zero-order chi connectivity index (χ0) is 12.4. The molecule has 0 aliphatic heterocycles. The maximum absolute atomic E-state index is 10.9. The number of anilines is 2. The van der Waals surface area contributed by atoms with Gasteiger partial charge in [0.1, 0.15) is 0 Å². The SMILES string of the molecule is CS(=O)(=O)Nc1ccc(NS(C)(=O)=O)cc1. The van der Waals surface area contributed by atoms with Crippen LogP contribution in [0.4, 0.5) is 11.4 Å². The highest BCUT2D eigenvalue weighted by molar-refractivity contribution is 7.92. The van der Waals surface area contributed by atoms with Crippen LogP contribution in [0.3, 0.4) is 0 Å². The van der Waals surface area contributed by atoms with Crippen molar-refractivity contribution in [3.8, 4) is 0 Å². The van der Waals surface area contributed by atoms with Gasteiger partial charge in [-0.15, -0.1) is 0 Å². The van der Waals surface area contributed by atoms with Crippen LogP contribution >= 0.6 is 0 Å². The minimum absolute atomic E-state index is 0.376. The molecular formula is C8H12N2O4S2. The summed E-state index contributed by atoms with van der Waals surface area (Å²) in [6.45, 7) is 0. The molecule has 0 amide bonds. The second-order valence-corrected chi connectivity index (χ2v) is 6.82. The highest BCUT2D eigenvalue weighted by Gasteiger charge is 2.03. The van der Waals surface area contributed by atoms with Gasteiger partial charge in [0.05, 0.1) is 12.5 Å². The Labute approximate surface area is 94.8 Å². The summed E-state index contributed by atoms with van der Waals surface area (Å²) in [6.07, 6.45) is 2.07. The molecule has 1 aromatic rings. The standard InChI is InChI=1S/C8H12N2O4S2/c1-15(11,12)9-7-3-5-8(6-4-7)10-16(2,13)14/h3-6,9-10H,1-2H3. The lowest BCUT2D eigenvalue weighted by atomic mass is 10.3. The largest absolute Gasteiger partial charge is 0.284 e. The molecule has 6 nitrogen and oxygen atoms in total. The first-order chi connectivity index (χ1) is 7.16. The molecule has 0 aliphatic carbocycles. The Balaban J connectivity index is 2.84. The van der Waals surface area contributed by atoms with E-state index in [1.807, 2.05) is 0 Å². The van der Waals surface area contributed by atoms with Gasteiger partial charge in [-0.2, -0.15) is 0 Å². The van der Waals surface area contributed by atoms with Crippen LogP contribution in [0.25, 0.3) is 0 Å². The molecule has 1 aromatic carbocycles. The fourth-order valence-electron chi connectivity index (χ4n) is 1.03. The second-order valence-electron chi connectivity index (χ2n) is 3.33. The third kappa shape index (κ3) is 4.99. The van der Waals surface area contributed by atoms with Crippen LogP contribution in [0.5, 0.6) is 0 Å². The number of sulfonamides is 2. The van der Waals surface area contributed by atoms with E-state index in [1.165, 1.54) is 24.3 Å². The normalized spacial score (nSPS) is 12.1. The Morgan fingerprint density at radius 2 is 1.00 bits per heavy atom. The zero-order valence-electron chi connectivity index (χ0n) is 8.76. The van der Waals surface area contributed by atoms with Crippen LogP contribution in [0, 0.1) is 0 Å². The Bertz CT molecular complexity index is 508. The number of hydrogen-bond acceptors (Lipinski definition) is 4. The highest BCUT2D eigenvalue weighted by atomic mass is 32.2. The van der Waals surface area contributed by atoms with Crippen LogP contribution in [0.15, 0.2) is 24.3 Å². The van der Waals surface area contributed by atoms with Gasteiger partial charge in [-0.05, 0) is 24.3 Å². The van der Waals surface area contributed by atoms with Gasteiger partial charge in [-0.1, -0.05) is 0 Å². The first-order valence-electron chi connectivity index (χ1n) is 4.21. The molecule has 0 bridgehead atoms. The Kier molecular flexibility index (Phi) is 3.44. The second kappa shape index (κ2) is 4.30. The number of benzene rings is 1. The summed E-state index contributed by atoms with van der Waals surface area (Å²) in [6, 6.07) is 5.87. The minimum atomic E-state index is -3.31. The molecule has 16 heavy (non-hydrogen) atoms. The fraction of sp³-hybridized carbons (Fsp3) is 0.250. The van der Waals surface area contributed by atoms with Crippen molar-refractivity contribution >= 4 is 31.4 Å². The molecule has 2 N–H and O–H groups in total. The predicted octanol–water partition coefficient (Wildman–Crippen LogP) is 0.430. The van der Waals surface area contributed by atoms with E-state index < -0.39 is 20.0 Å². The van der Waals surface area contributed by atoms with Crippen molar-refractivity contribution in [3.63, 3.8) is 0 Å². The van der Waals surface area contributed by atoms with E-state index in [4.69, 9.17) is 0 Å². The molecule has 0 aliphatic rings. The lowest BCUT2D eigenvalue weighted by molar-refractivity contribution is 0.605.